The van der Waals surface area contributed by atoms with Gasteiger partial charge >= 0.3 is 23.9 Å². The Kier molecular flexibility index (Phi) is 45.5. The summed E-state index contributed by atoms with van der Waals surface area (Å²) in [5, 5.41) is 44.2. The lowest BCUT2D eigenvalue weighted by Crippen LogP contribution is -2.51. The zero-order valence-electron chi connectivity index (χ0n) is 78.9. The quantitative estimate of drug-likeness (QED) is 0.00992. The lowest BCUT2D eigenvalue weighted by molar-refractivity contribution is -0.144. The summed E-state index contributed by atoms with van der Waals surface area (Å²) in [7, 11) is 0. The van der Waals surface area contributed by atoms with Crippen LogP contribution in [0.15, 0.2) is 96.2 Å². The van der Waals surface area contributed by atoms with Gasteiger partial charge in [-0.2, -0.15) is 11.8 Å². The molecule has 32 nitrogen and oxygen atoms in total. The molecule has 5 aromatic rings. The molecule has 11 N–H and O–H groups in total. The lowest BCUT2D eigenvalue weighted by Gasteiger charge is -2.33. The number of carbonyl (C=O) groups excluding carboxylic acids is 13. The zero-order chi connectivity index (χ0) is 97.7. The molecule has 2 aromatic heterocycles. The summed E-state index contributed by atoms with van der Waals surface area (Å²) in [6, 6.07) is 21.5. The van der Waals surface area contributed by atoms with E-state index in [-0.39, 0.29) is 240 Å². The van der Waals surface area contributed by atoms with Crippen LogP contribution in [0.1, 0.15) is 194 Å². The molecule has 133 heavy (non-hydrogen) atoms. The predicted molar refractivity (Wildman–Crippen MR) is 507 cm³/mol. The van der Waals surface area contributed by atoms with Crippen molar-refractivity contribution in [2.45, 2.75) is 209 Å². The first kappa shape index (κ1) is 109. The van der Waals surface area contributed by atoms with Gasteiger partial charge in [0.15, 0.2) is 17.5 Å². The van der Waals surface area contributed by atoms with E-state index in [2.05, 4.69) is 20.3 Å². The van der Waals surface area contributed by atoms with Crippen molar-refractivity contribution in [1.29, 1.82) is 0 Å². The average molecular weight is 1870 g/mol. The molecule has 0 aliphatic carbocycles. The molecule has 2 amide bonds. The fourth-order valence-electron chi connectivity index (χ4n) is 18.5. The molecule has 3 aromatic carbocycles. The maximum atomic E-state index is 15.5. The Morgan fingerprint density at radius 2 is 0.902 bits per heavy atom. The lowest BCUT2D eigenvalue weighted by atomic mass is 9.77. The summed E-state index contributed by atoms with van der Waals surface area (Å²) < 4.78 is 0. The average Bonchev–Trinajstić information content (AvgIpc) is 1.72. The summed E-state index contributed by atoms with van der Waals surface area (Å²) in [6.45, 7) is 13.8. The minimum atomic E-state index is -1.51. The van der Waals surface area contributed by atoms with Gasteiger partial charge in [0, 0.05) is 230 Å². The fraction of sp³-hybridized carbons (Fsp3) is 0.600. The van der Waals surface area contributed by atoms with Crippen LogP contribution < -0.4 is 16.8 Å². The number of nitrogens with zero attached hydrogens (tertiary/aromatic N) is 6. The van der Waals surface area contributed by atoms with Gasteiger partial charge in [-0.25, -0.2) is 0 Å². The number of nitrogens with two attached hydrogens (primary N) is 2. The minimum absolute atomic E-state index is 0.00886. The van der Waals surface area contributed by atoms with Gasteiger partial charge < -0.3 is 56.9 Å². The number of aliphatic imine (C=N–C) groups is 1. The van der Waals surface area contributed by atoms with Crippen molar-refractivity contribution in [1.82, 2.24) is 39.8 Å². The van der Waals surface area contributed by atoms with E-state index in [4.69, 9.17) is 11.5 Å². The smallest absolute Gasteiger partial charge is 0.317 e. The molecule has 0 bridgehead atoms. The Morgan fingerprint density at radius 3 is 1.41 bits per heavy atom. The first-order chi connectivity index (χ1) is 63.1. The Labute approximate surface area is 784 Å². The van der Waals surface area contributed by atoms with Crippen molar-refractivity contribution < 1.29 is 102 Å². The van der Waals surface area contributed by atoms with Gasteiger partial charge in [0.05, 0.1) is 44.7 Å². The van der Waals surface area contributed by atoms with Crippen molar-refractivity contribution in [3.63, 3.8) is 0 Å². The molecule has 0 saturated carbocycles. The van der Waals surface area contributed by atoms with Crippen LogP contribution >= 0.6 is 11.8 Å². The summed E-state index contributed by atoms with van der Waals surface area (Å²) in [5.41, 5.74) is 15.0. The predicted octanol–water partition coefficient (Wildman–Crippen LogP) is 9.79. The maximum absolute atomic E-state index is 15.5. The number of H-pyrrole nitrogens is 2. The number of amides is 2. The summed E-state index contributed by atoms with van der Waals surface area (Å²) in [6.07, 6.45) is 3.18. The van der Waals surface area contributed by atoms with Gasteiger partial charge in [-0.1, -0.05) is 115 Å². The first-order valence-electron chi connectivity index (χ1n) is 47.0. The van der Waals surface area contributed by atoms with Gasteiger partial charge in [-0.3, -0.25) is 101 Å². The highest BCUT2D eigenvalue weighted by molar-refractivity contribution is 7.98. The highest BCUT2D eigenvalue weighted by Crippen LogP contribution is 2.35. The van der Waals surface area contributed by atoms with Crippen LogP contribution in [0.5, 0.6) is 0 Å². The van der Waals surface area contributed by atoms with Crippen LogP contribution in [0.3, 0.4) is 0 Å². The highest BCUT2D eigenvalue weighted by Gasteiger charge is 2.43. The van der Waals surface area contributed by atoms with Crippen LogP contribution in [-0.4, -0.2) is 276 Å². The molecule has 0 spiro atoms. The SMILES string of the molecule is CSCCC(CC(=O)C(CC(=O)C(C)CC(=O)C(CC(=O)C(CC(=O)O)CC(=O)C(Cc1c[nH]c2ccccc12)NC(=O)CN1CCN(CC(=O)O)CCN(CC(=O)O)CCN(CC(=O)O)CC1)CC(C)C)Cc1c[nH]c2ccccc12)C(=O)CC(Cc1ccccc1)C(=O)CC(CCCN=C(N)N)C(=O)CC(CC(C)C)C(=O)N1CCCC1C(=O)CC(C(=O)CCC(C)=O)C(C)C. The second-order valence-corrected chi connectivity index (χ2v) is 38.8. The molecule has 0 radical (unpaired) electrons. The molecule has 7 rings (SSSR count). The second kappa shape index (κ2) is 55.3. The van der Waals surface area contributed by atoms with E-state index in [1.54, 1.807) is 68.1 Å². The Bertz CT molecular complexity index is 4810. The molecular formula is C100H141N11O21S. The molecular weight excluding hydrogens is 1720 g/mol. The summed E-state index contributed by atoms with van der Waals surface area (Å²) in [4.78, 5) is 258. The number of ketones is 11. The number of likely N-dealkylation sites (tertiary alicyclic amines) is 1. The topological polar surface area (TPSA) is 495 Å². The third kappa shape index (κ3) is 37.3. The van der Waals surface area contributed by atoms with Crippen LogP contribution in [0.2, 0.25) is 0 Å². The van der Waals surface area contributed by atoms with Gasteiger partial charge in [0.1, 0.15) is 52.0 Å². The van der Waals surface area contributed by atoms with E-state index in [9.17, 15) is 73.2 Å². The number of hydrogen-bond donors (Lipinski definition) is 9. The van der Waals surface area contributed by atoms with Crippen LogP contribution in [0.25, 0.3) is 21.8 Å². The van der Waals surface area contributed by atoms with E-state index in [1.807, 2.05) is 102 Å². The Hall–Kier alpha value is -10.6. The minimum Gasteiger partial charge on any atom is -0.481 e. The van der Waals surface area contributed by atoms with E-state index in [0.717, 1.165) is 16.5 Å². The number of fused-ring (bicyclic) bond motifs is 2. The van der Waals surface area contributed by atoms with Gasteiger partial charge in [0.2, 0.25) is 11.8 Å². The first-order valence-corrected chi connectivity index (χ1v) is 48.4. The van der Waals surface area contributed by atoms with Gasteiger partial charge in [-0.15, -0.1) is 0 Å². The molecule has 728 valence electrons. The van der Waals surface area contributed by atoms with E-state index in [1.165, 1.54) is 18.7 Å². The number of hydrogen-bond acceptors (Lipinski definition) is 23. The number of carboxylic acid groups (broad SMARTS) is 4. The van der Waals surface area contributed by atoms with E-state index in [0.29, 0.717) is 40.6 Å². The number of carboxylic acids is 4. The number of thioether (sulfide) groups is 1. The summed E-state index contributed by atoms with van der Waals surface area (Å²) >= 11 is 1.45. The normalized spacial score (nSPS) is 16.9. The second-order valence-electron chi connectivity index (χ2n) is 37.8. The molecule has 11 atom stereocenters. The number of benzene rings is 3. The molecule has 33 heteroatoms. The number of aliphatic carboxylic acids is 4. The van der Waals surface area contributed by atoms with Crippen molar-refractivity contribution in [3.8, 4) is 0 Å². The third-order valence-electron chi connectivity index (χ3n) is 25.8. The zero-order valence-corrected chi connectivity index (χ0v) is 79.7. The number of guanidine groups is 1. The Balaban J connectivity index is 1.11. The highest BCUT2D eigenvalue weighted by atomic mass is 32.2. The number of aromatic amines is 2. The van der Waals surface area contributed by atoms with Crippen molar-refractivity contribution in [2.24, 2.45) is 87.5 Å². The number of carbonyl (C=O) groups is 17. The number of nitrogens with one attached hydrogen (secondary N) is 3. The monoisotopic (exact) mass is 1860 g/mol. The number of aromatic nitrogens is 2. The molecule has 4 heterocycles. The summed E-state index contributed by atoms with van der Waals surface area (Å²) in [5.74, 6) is -19.8. The number of rotatable bonds is 61. The van der Waals surface area contributed by atoms with Crippen molar-refractivity contribution >= 4 is 139 Å². The molecule has 2 aliphatic heterocycles. The van der Waals surface area contributed by atoms with Crippen LogP contribution in [0.4, 0.5) is 0 Å². The van der Waals surface area contributed by atoms with Crippen molar-refractivity contribution in [2.75, 3.05) is 104 Å². The molecule has 2 saturated heterocycles. The van der Waals surface area contributed by atoms with Gasteiger partial charge in [-0.05, 0) is 123 Å². The van der Waals surface area contributed by atoms with E-state index < -0.39 is 169 Å². The fourth-order valence-corrected chi connectivity index (χ4v) is 19.0. The van der Waals surface area contributed by atoms with E-state index >= 15 is 28.8 Å². The number of Topliss-reactive ketones (excluding diaryl/α,β-unsaturated/α-hetero) is 11. The van der Waals surface area contributed by atoms with Crippen LogP contribution in [0, 0.1) is 71.0 Å². The Morgan fingerprint density at radius 1 is 0.459 bits per heavy atom. The maximum Gasteiger partial charge on any atom is 0.317 e. The molecule has 2 fully saturated rings. The largest absolute Gasteiger partial charge is 0.481 e. The molecule has 11 unspecified atom stereocenters. The van der Waals surface area contributed by atoms with Crippen LogP contribution in [-0.2, 0) is 101 Å². The number of para-hydroxylation sites is 2. The van der Waals surface area contributed by atoms with Crippen molar-refractivity contribution in [3.05, 3.63) is 108 Å². The van der Waals surface area contributed by atoms with Gasteiger partial charge in [0.25, 0.3) is 0 Å². The molecule has 2 aliphatic rings. The standard InChI is InChI=1S/C100H141N11O21S/c1-62(2)41-70(50-91(120)73(54-95(124)125)52-92(121)82(46-76-57-105-81-25-16-14-23-78(76)81)106-94(123)58-107-32-34-108(59-96(126)127)36-38-110(61-98(130)131)39-37-109(35-33-107)60-97(128)129)86(115)43-65(7)85(114)49-72(45-75-56-104-80-24-15-13-22-77(75)80)90(119)48-69(29-40-133-9)87(116)51-71(44-67-19-11-10-12-20-67)89(118)47-68(21-17-30-103-100(101)102)88(117)53-74(42-63(3)4)99(132)111-31-18-26-83(111)93(122)55-79(64(5)6)84(113)28-27-66(8)112/h10-16,19-20,22-25,56-57,62-65,68-74,79,82-83,104-105H,17-18,21,26-55,58-61H2,1-9H3,(H,106,123)(H,124,125)(H,126,127)(H,128,129)(H,130,131)(H4,101,102,103). The third-order valence-corrected chi connectivity index (χ3v) is 26.5.